The molecular formula is C11H18N2O3S2. The Morgan fingerprint density at radius 1 is 1.44 bits per heavy atom. The molecule has 0 atom stereocenters. The molecule has 1 saturated carbocycles. The van der Waals surface area contributed by atoms with Crippen molar-refractivity contribution in [1.82, 2.24) is 4.72 Å². The summed E-state index contributed by atoms with van der Waals surface area (Å²) < 4.78 is 32.0. The Morgan fingerprint density at radius 2 is 2.17 bits per heavy atom. The van der Waals surface area contributed by atoms with Crippen molar-refractivity contribution >= 4 is 27.0 Å². The van der Waals surface area contributed by atoms with Crippen molar-refractivity contribution in [2.75, 3.05) is 18.9 Å². The van der Waals surface area contributed by atoms with Gasteiger partial charge in [-0.25, -0.2) is 13.1 Å². The van der Waals surface area contributed by atoms with Crippen LogP contribution in [0.3, 0.4) is 0 Å². The molecule has 0 aliphatic heterocycles. The van der Waals surface area contributed by atoms with Gasteiger partial charge < -0.3 is 10.5 Å². The lowest BCUT2D eigenvalue weighted by Gasteiger charge is -2.11. The zero-order chi connectivity index (χ0) is 13.0. The smallest absolute Gasteiger partial charge is 0.250 e. The molecule has 0 saturated heterocycles. The zero-order valence-corrected chi connectivity index (χ0v) is 11.7. The van der Waals surface area contributed by atoms with Crippen molar-refractivity contribution < 1.29 is 13.2 Å². The summed E-state index contributed by atoms with van der Waals surface area (Å²) >= 11 is 1.12. The number of anilines is 1. The van der Waals surface area contributed by atoms with Crippen molar-refractivity contribution in [1.29, 1.82) is 0 Å². The molecule has 0 aromatic carbocycles. The number of nitrogens with one attached hydrogen (secondary N) is 1. The molecule has 0 spiro atoms. The average Bonchev–Trinajstić information content (AvgIpc) is 2.95. The van der Waals surface area contributed by atoms with Gasteiger partial charge in [-0.15, -0.1) is 11.3 Å². The van der Waals surface area contributed by atoms with Gasteiger partial charge in [0.05, 0.1) is 12.7 Å². The van der Waals surface area contributed by atoms with Gasteiger partial charge in [-0.05, 0) is 18.9 Å². The fourth-order valence-corrected chi connectivity index (χ4v) is 4.14. The maximum absolute atomic E-state index is 11.8. The van der Waals surface area contributed by atoms with E-state index < -0.39 is 10.0 Å². The van der Waals surface area contributed by atoms with Crippen LogP contribution in [-0.2, 0) is 14.8 Å². The molecule has 1 aromatic rings. The fourth-order valence-electron chi connectivity index (χ4n) is 2.00. The normalized spacial score (nSPS) is 17.3. The Morgan fingerprint density at radius 3 is 2.78 bits per heavy atom. The molecule has 0 amide bonds. The average molecular weight is 290 g/mol. The lowest BCUT2D eigenvalue weighted by molar-refractivity contribution is 0.0626. The van der Waals surface area contributed by atoms with Crippen LogP contribution in [-0.4, -0.2) is 27.7 Å². The highest BCUT2D eigenvalue weighted by Crippen LogP contribution is 2.22. The van der Waals surface area contributed by atoms with Gasteiger partial charge in [-0.1, -0.05) is 12.8 Å². The second-order valence-electron chi connectivity index (χ2n) is 4.37. The van der Waals surface area contributed by atoms with E-state index in [4.69, 9.17) is 10.5 Å². The van der Waals surface area contributed by atoms with E-state index in [2.05, 4.69) is 4.72 Å². The minimum Gasteiger partial charge on any atom is -0.398 e. The second-order valence-corrected chi connectivity index (χ2v) is 7.28. The third-order valence-electron chi connectivity index (χ3n) is 2.91. The summed E-state index contributed by atoms with van der Waals surface area (Å²) in [6.07, 6.45) is 4.92. The van der Waals surface area contributed by atoms with Crippen molar-refractivity contribution in [3.05, 3.63) is 11.4 Å². The van der Waals surface area contributed by atoms with Gasteiger partial charge in [0.15, 0.2) is 0 Å². The van der Waals surface area contributed by atoms with Gasteiger partial charge in [0.2, 0.25) is 10.0 Å². The van der Waals surface area contributed by atoms with E-state index in [9.17, 15) is 8.42 Å². The number of hydrogen-bond acceptors (Lipinski definition) is 5. The molecule has 1 aromatic heterocycles. The first kappa shape index (κ1) is 13.8. The van der Waals surface area contributed by atoms with E-state index in [-0.39, 0.29) is 4.21 Å². The van der Waals surface area contributed by atoms with E-state index in [1.165, 1.54) is 18.9 Å². The molecule has 1 aliphatic carbocycles. The molecule has 5 nitrogen and oxygen atoms in total. The molecule has 18 heavy (non-hydrogen) atoms. The first-order valence-electron chi connectivity index (χ1n) is 6.03. The van der Waals surface area contributed by atoms with Gasteiger partial charge in [0, 0.05) is 17.6 Å². The summed E-state index contributed by atoms with van der Waals surface area (Å²) in [5.41, 5.74) is 5.98. The molecule has 3 N–H and O–H groups in total. The monoisotopic (exact) mass is 290 g/mol. The third kappa shape index (κ3) is 3.68. The first-order chi connectivity index (χ1) is 8.58. The highest BCUT2D eigenvalue weighted by molar-refractivity contribution is 7.91. The molecule has 0 radical (unpaired) electrons. The number of nitrogens with two attached hydrogens (primary N) is 1. The van der Waals surface area contributed by atoms with E-state index in [0.29, 0.717) is 24.9 Å². The minimum atomic E-state index is -3.43. The molecule has 0 bridgehead atoms. The molecule has 102 valence electrons. The number of nitrogen functional groups attached to an aromatic ring is 1. The van der Waals surface area contributed by atoms with Crippen molar-refractivity contribution in [3.8, 4) is 0 Å². The van der Waals surface area contributed by atoms with Crippen LogP contribution in [0.5, 0.6) is 0 Å². The molecule has 1 aliphatic rings. The predicted molar refractivity (Wildman–Crippen MR) is 72.1 cm³/mol. The lowest BCUT2D eigenvalue weighted by atomic mass is 10.3. The summed E-state index contributed by atoms with van der Waals surface area (Å²) in [6.45, 7) is 0.724. The minimum absolute atomic E-state index is 0.251. The van der Waals surface area contributed by atoms with E-state index in [1.54, 1.807) is 5.38 Å². The standard InChI is InChI=1S/C11H18N2O3S2/c12-9-7-11(17-8-9)18(14,15)13-5-6-16-10-3-1-2-4-10/h7-8,10,13H,1-6,12H2. The second kappa shape index (κ2) is 6.01. The topological polar surface area (TPSA) is 81.4 Å². The summed E-state index contributed by atoms with van der Waals surface area (Å²) in [7, 11) is -3.43. The molecule has 1 fully saturated rings. The van der Waals surface area contributed by atoms with Crippen LogP contribution >= 0.6 is 11.3 Å². The SMILES string of the molecule is Nc1csc(S(=O)(=O)NCCOC2CCCC2)c1. The van der Waals surface area contributed by atoms with Gasteiger partial charge in [-0.2, -0.15) is 0 Å². The van der Waals surface area contributed by atoms with Crippen LogP contribution in [0.4, 0.5) is 5.69 Å². The Hall–Kier alpha value is -0.630. The Kier molecular flexibility index (Phi) is 4.60. The maximum Gasteiger partial charge on any atom is 0.250 e. The molecule has 7 heteroatoms. The summed E-state index contributed by atoms with van der Waals surface area (Å²) in [6, 6.07) is 1.46. The number of hydrogen-bond donors (Lipinski definition) is 2. The summed E-state index contributed by atoms with van der Waals surface area (Å²) in [4.78, 5) is 0. The van der Waals surface area contributed by atoms with Gasteiger partial charge in [0.25, 0.3) is 0 Å². The third-order valence-corrected chi connectivity index (χ3v) is 5.83. The Bertz CT molecular complexity index is 478. The summed E-state index contributed by atoms with van der Waals surface area (Å²) in [5, 5.41) is 1.61. The van der Waals surface area contributed by atoms with Crippen LogP contribution < -0.4 is 10.5 Å². The highest BCUT2D eigenvalue weighted by atomic mass is 32.2. The van der Waals surface area contributed by atoms with E-state index in [1.807, 2.05) is 0 Å². The summed E-state index contributed by atoms with van der Waals surface area (Å²) in [5.74, 6) is 0. The molecule has 0 unspecified atom stereocenters. The number of rotatable bonds is 6. The van der Waals surface area contributed by atoms with Gasteiger partial charge >= 0.3 is 0 Å². The Labute approximate surface area is 111 Å². The van der Waals surface area contributed by atoms with Gasteiger partial charge in [0.1, 0.15) is 4.21 Å². The van der Waals surface area contributed by atoms with Crippen LogP contribution in [0.2, 0.25) is 0 Å². The predicted octanol–water partition coefficient (Wildman–Crippen LogP) is 1.57. The van der Waals surface area contributed by atoms with E-state index in [0.717, 1.165) is 24.2 Å². The quantitative estimate of drug-likeness (QED) is 0.779. The van der Waals surface area contributed by atoms with Crippen molar-refractivity contribution in [3.63, 3.8) is 0 Å². The first-order valence-corrected chi connectivity index (χ1v) is 8.39. The van der Waals surface area contributed by atoms with Gasteiger partial charge in [-0.3, -0.25) is 0 Å². The largest absolute Gasteiger partial charge is 0.398 e. The number of sulfonamides is 1. The van der Waals surface area contributed by atoms with Crippen LogP contribution in [0, 0.1) is 0 Å². The van der Waals surface area contributed by atoms with Crippen LogP contribution in [0.25, 0.3) is 0 Å². The molecule has 1 heterocycles. The maximum atomic E-state index is 11.8. The number of thiophene rings is 1. The van der Waals surface area contributed by atoms with Crippen molar-refractivity contribution in [2.45, 2.75) is 36.0 Å². The molecular weight excluding hydrogens is 272 g/mol. The Balaban J connectivity index is 1.75. The van der Waals surface area contributed by atoms with Crippen molar-refractivity contribution in [2.24, 2.45) is 0 Å². The van der Waals surface area contributed by atoms with Crippen LogP contribution in [0.15, 0.2) is 15.7 Å². The lowest BCUT2D eigenvalue weighted by Crippen LogP contribution is -2.28. The number of ether oxygens (including phenoxy) is 1. The highest BCUT2D eigenvalue weighted by Gasteiger charge is 2.17. The molecule has 2 rings (SSSR count). The fraction of sp³-hybridized carbons (Fsp3) is 0.636. The zero-order valence-electron chi connectivity index (χ0n) is 10.1. The van der Waals surface area contributed by atoms with E-state index >= 15 is 0 Å². The van der Waals surface area contributed by atoms with Crippen LogP contribution in [0.1, 0.15) is 25.7 Å².